The summed E-state index contributed by atoms with van der Waals surface area (Å²) < 4.78 is 0. The average Bonchev–Trinajstić information content (AvgIpc) is 3.15. The van der Waals surface area contributed by atoms with Crippen molar-refractivity contribution < 1.29 is 0 Å². The summed E-state index contributed by atoms with van der Waals surface area (Å²) in [6.07, 6.45) is 0. The van der Waals surface area contributed by atoms with Crippen LogP contribution in [0.2, 0.25) is 0 Å². The zero-order valence-corrected chi connectivity index (χ0v) is 25.1. The number of fused-ring (bicyclic) bond motifs is 1. The van der Waals surface area contributed by atoms with Gasteiger partial charge in [0.25, 0.3) is 0 Å². The molecule has 0 N–H and O–H groups in total. The second kappa shape index (κ2) is 12.1. The van der Waals surface area contributed by atoms with Gasteiger partial charge in [0.15, 0.2) is 17.5 Å². The lowest BCUT2D eigenvalue weighted by Gasteiger charge is -2.11. The van der Waals surface area contributed by atoms with Crippen molar-refractivity contribution in [1.29, 1.82) is 0 Å². The molecular weight excluding hydrogens is 558 g/mol. The largest absolute Gasteiger partial charge is 0.208 e. The molecule has 3 nitrogen and oxygen atoms in total. The van der Waals surface area contributed by atoms with Crippen LogP contribution in [-0.2, 0) is 0 Å². The molecule has 1 heterocycles. The highest BCUT2D eigenvalue weighted by atomic mass is 15.0. The van der Waals surface area contributed by atoms with E-state index in [1.165, 1.54) is 33.0 Å². The third kappa shape index (κ3) is 5.47. The molecule has 0 radical (unpaired) electrons. The summed E-state index contributed by atoms with van der Waals surface area (Å²) in [7, 11) is 0. The van der Waals surface area contributed by atoms with E-state index in [1.54, 1.807) is 0 Å². The molecule has 0 amide bonds. The Hall–Kier alpha value is -6.19. The van der Waals surface area contributed by atoms with Crippen molar-refractivity contribution in [1.82, 2.24) is 15.0 Å². The summed E-state index contributed by atoms with van der Waals surface area (Å²) in [6.45, 7) is 0. The van der Waals surface area contributed by atoms with E-state index in [0.717, 1.165) is 27.8 Å². The van der Waals surface area contributed by atoms with Crippen LogP contribution in [0.15, 0.2) is 176 Å². The van der Waals surface area contributed by atoms with Crippen molar-refractivity contribution in [3.63, 3.8) is 0 Å². The fraction of sp³-hybridized carbons (Fsp3) is 0. The van der Waals surface area contributed by atoms with Crippen molar-refractivity contribution in [3.05, 3.63) is 176 Å². The van der Waals surface area contributed by atoms with Crippen molar-refractivity contribution in [3.8, 4) is 67.5 Å². The van der Waals surface area contributed by atoms with Crippen LogP contribution in [-0.4, -0.2) is 15.0 Å². The highest BCUT2D eigenvalue weighted by molar-refractivity contribution is 5.97. The smallest absolute Gasteiger partial charge is 0.164 e. The fourth-order valence-electron chi connectivity index (χ4n) is 6.00. The second-order valence-corrected chi connectivity index (χ2v) is 11.3. The third-order valence-corrected chi connectivity index (χ3v) is 8.31. The number of nitrogens with zero attached hydrogens (tertiary/aromatic N) is 3. The molecule has 0 atom stereocenters. The molecule has 0 unspecified atom stereocenters. The van der Waals surface area contributed by atoms with Crippen molar-refractivity contribution in [2.75, 3.05) is 0 Å². The van der Waals surface area contributed by atoms with E-state index in [0.29, 0.717) is 17.5 Å². The Bertz CT molecular complexity index is 2250. The first kappa shape index (κ1) is 27.4. The normalized spacial score (nSPS) is 11.0. The minimum absolute atomic E-state index is 0.647. The van der Waals surface area contributed by atoms with E-state index in [1.807, 2.05) is 60.7 Å². The molecule has 0 saturated heterocycles. The van der Waals surface area contributed by atoms with Gasteiger partial charge in [0.05, 0.1) is 0 Å². The molecule has 216 valence electrons. The van der Waals surface area contributed by atoms with Gasteiger partial charge in [-0.05, 0) is 62.4 Å². The molecule has 0 fully saturated rings. The van der Waals surface area contributed by atoms with Crippen LogP contribution in [0.4, 0.5) is 0 Å². The Morgan fingerprint density at radius 1 is 0.261 bits per heavy atom. The monoisotopic (exact) mass is 587 g/mol. The quantitative estimate of drug-likeness (QED) is 0.194. The molecule has 0 spiro atoms. The highest BCUT2D eigenvalue weighted by Crippen LogP contribution is 2.34. The Kier molecular flexibility index (Phi) is 7.18. The SMILES string of the molecule is c1ccc(-c2nc(-c3ccccc3)nc(-c3cccc(-c4cccc(-c5cccc(-c6cccc7ccccc67)c5)c4)c3)n2)cc1. The topological polar surface area (TPSA) is 38.7 Å². The fourth-order valence-corrected chi connectivity index (χ4v) is 6.00. The molecule has 0 aliphatic carbocycles. The average molecular weight is 588 g/mol. The van der Waals surface area contributed by atoms with Crippen LogP contribution in [0.25, 0.3) is 78.3 Å². The second-order valence-electron chi connectivity index (χ2n) is 11.3. The first-order chi connectivity index (χ1) is 22.8. The standard InChI is InChI=1S/C43H29N3/c1-3-14-31(15-4-1)41-44-42(32-16-5-2-6-17-32)46-43(45-41)38-24-11-22-36(29-38)34-20-9-19-33(27-34)35-21-10-23-37(28-35)40-26-12-18-30-13-7-8-25-39(30)40/h1-29H. The zero-order chi connectivity index (χ0) is 30.7. The Labute approximate surface area is 268 Å². The molecule has 3 heteroatoms. The van der Waals surface area contributed by atoms with Gasteiger partial charge in [0, 0.05) is 16.7 Å². The van der Waals surface area contributed by atoms with Gasteiger partial charge in [-0.2, -0.15) is 0 Å². The minimum Gasteiger partial charge on any atom is -0.208 e. The molecule has 0 saturated carbocycles. The third-order valence-electron chi connectivity index (χ3n) is 8.31. The summed E-state index contributed by atoms with van der Waals surface area (Å²) >= 11 is 0. The Morgan fingerprint density at radius 3 is 1.22 bits per heavy atom. The lowest BCUT2D eigenvalue weighted by molar-refractivity contribution is 1.07. The van der Waals surface area contributed by atoms with E-state index in [9.17, 15) is 0 Å². The molecule has 0 bridgehead atoms. The maximum absolute atomic E-state index is 4.94. The number of hydrogen-bond donors (Lipinski definition) is 0. The van der Waals surface area contributed by atoms with E-state index in [4.69, 9.17) is 15.0 Å². The van der Waals surface area contributed by atoms with Gasteiger partial charge >= 0.3 is 0 Å². The molecule has 1 aromatic heterocycles. The van der Waals surface area contributed by atoms with Crippen LogP contribution < -0.4 is 0 Å². The summed E-state index contributed by atoms with van der Waals surface area (Å²) in [4.78, 5) is 14.7. The zero-order valence-electron chi connectivity index (χ0n) is 25.1. The maximum Gasteiger partial charge on any atom is 0.164 e. The summed E-state index contributed by atoms with van der Waals surface area (Å²) in [5, 5.41) is 2.51. The Morgan fingerprint density at radius 2 is 0.630 bits per heavy atom. The molecule has 0 aliphatic heterocycles. The van der Waals surface area contributed by atoms with Gasteiger partial charge in [-0.1, -0.05) is 158 Å². The minimum atomic E-state index is 0.647. The molecular formula is C43H29N3. The molecule has 0 aliphatic rings. The first-order valence-electron chi connectivity index (χ1n) is 15.4. The van der Waals surface area contributed by atoms with Gasteiger partial charge in [-0.15, -0.1) is 0 Å². The summed E-state index contributed by atoms with van der Waals surface area (Å²) in [6, 6.07) is 61.2. The lowest BCUT2D eigenvalue weighted by atomic mass is 9.94. The predicted molar refractivity (Wildman–Crippen MR) is 190 cm³/mol. The van der Waals surface area contributed by atoms with Crippen molar-refractivity contribution in [2.24, 2.45) is 0 Å². The number of rotatable bonds is 6. The number of benzene rings is 7. The van der Waals surface area contributed by atoms with Crippen molar-refractivity contribution >= 4 is 10.8 Å². The van der Waals surface area contributed by atoms with E-state index >= 15 is 0 Å². The molecule has 8 aromatic rings. The predicted octanol–water partition coefficient (Wildman–Crippen LogP) is 11.0. The van der Waals surface area contributed by atoms with Crippen LogP contribution in [0.1, 0.15) is 0 Å². The van der Waals surface area contributed by atoms with Crippen LogP contribution in [0.3, 0.4) is 0 Å². The van der Waals surface area contributed by atoms with E-state index < -0.39 is 0 Å². The summed E-state index contributed by atoms with van der Waals surface area (Å²) in [5.74, 6) is 1.96. The van der Waals surface area contributed by atoms with Gasteiger partial charge in [0.1, 0.15) is 0 Å². The van der Waals surface area contributed by atoms with Crippen molar-refractivity contribution in [2.45, 2.75) is 0 Å². The van der Waals surface area contributed by atoms with Gasteiger partial charge < -0.3 is 0 Å². The molecule has 8 rings (SSSR count). The van der Waals surface area contributed by atoms with E-state index in [-0.39, 0.29) is 0 Å². The van der Waals surface area contributed by atoms with E-state index in [2.05, 4.69) is 115 Å². The molecule has 46 heavy (non-hydrogen) atoms. The summed E-state index contributed by atoms with van der Waals surface area (Å²) in [5.41, 5.74) is 9.89. The number of aromatic nitrogens is 3. The van der Waals surface area contributed by atoms with Crippen LogP contribution >= 0.6 is 0 Å². The highest BCUT2D eigenvalue weighted by Gasteiger charge is 2.13. The Balaban J connectivity index is 1.17. The van der Waals surface area contributed by atoms with Crippen LogP contribution in [0, 0.1) is 0 Å². The first-order valence-corrected chi connectivity index (χ1v) is 15.4. The van der Waals surface area contributed by atoms with Gasteiger partial charge in [0.2, 0.25) is 0 Å². The number of hydrogen-bond acceptors (Lipinski definition) is 3. The lowest BCUT2D eigenvalue weighted by Crippen LogP contribution is -2.00. The van der Waals surface area contributed by atoms with Gasteiger partial charge in [-0.25, -0.2) is 15.0 Å². The molecule has 7 aromatic carbocycles. The van der Waals surface area contributed by atoms with Crippen LogP contribution in [0.5, 0.6) is 0 Å². The maximum atomic E-state index is 4.94. The van der Waals surface area contributed by atoms with Gasteiger partial charge in [-0.3, -0.25) is 0 Å².